The monoisotopic (exact) mass is 284 g/mol. The van der Waals surface area contributed by atoms with Crippen molar-refractivity contribution in [2.24, 2.45) is 5.92 Å². The summed E-state index contributed by atoms with van der Waals surface area (Å²) in [6, 6.07) is 5.73. The second-order valence-corrected chi connectivity index (χ2v) is 4.87. The number of aryl methyl sites for hydroxylation is 1. The molecule has 0 amide bonds. The van der Waals surface area contributed by atoms with Gasteiger partial charge in [-0.05, 0) is 36.1 Å². The molecule has 0 saturated carbocycles. The Morgan fingerprint density at radius 1 is 1.56 bits per heavy atom. The maximum atomic E-state index is 11.5. The van der Waals surface area contributed by atoms with Crippen molar-refractivity contribution < 1.29 is 14.6 Å². The summed E-state index contributed by atoms with van der Waals surface area (Å²) in [7, 11) is 1.35. The van der Waals surface area contributed by atoms with Gasteiger partial charge in [-0.1, -0.05) is 22.0 Å². The van der Waals surface area contributed by atoms with Crippen LogP contribution in [0.25, 0.3) is 0 Å². The minimum absolute atomic E-state index is 0.332. The molecule has 0 bridgehead atoms. The minimum atomic E-state index is -0.746. The smallest absolute Gasteiger partial charge is 0.311 e. The maximum absolute atomic E-state index is 11.5. The molecule has 1 N–H and O–H groups in total. The predicted octanol–water partition coefficient (Wildman–Crippen LogP) is 2.22. The van der Waals surface area contributed by atoms with Gasteiger partial charge in [-0.3, -0.25) is 4.79 Å². The molecule has 16 heavy (non-hydrogen) atoms. The second-order valence-electron chi connectivity index (χ2n) is 3.96. The van der Waals surface area contributed by atoms with Gasteiger partial charge < -0.3 is 9.84 Å². The van der Waals surface area contributed by atoms with Crippen LogP contribution in [0.15, 0.2) is 22.7 Å². The normalized spacial score (nSPS) is 23.7. The van der Waals surface area contributed by atoms with E-state index in [-0.39, 0.29) is 5.97 Å². The van der Waals surface area contributed by atoms with Crippen LogP contribution in [0.1, 0.15) is 23.7 Å². The molecule has 1 aromatic carbocycles. The van der Waals surface area contributed by atoms with Crippen molar-refractivity contribution >= 4 is 21.9 Å². The van der Waals surface area contributed by atoms with Crippen LogP contribution in [0, 0.1) is 5.92 Å². The van der Waals surface area contributed by atoms with Crippen molar-refractivity contribution in [1.82, 2.24) is 0 Å². The fourth-order valence-electron chi connectivity index (χ4n) is 2.16. The number of carbonyl (C=O) groups is 1. The fraction of sp³-hybridized carbons (Fsp3) is 0.417. The van der Waals surface area contributed by atoms with Crippen LogP contribution in [-0.4, -0.2) is 18.2 Å². The van der Waals surface area contributed by atoms with E-state index in [2.05, 4.69) is 15.9 Å². The molecule has 0 radical (unpaired) electrons. The van der Waals surface area contributed by atoms with Crippen LogP contribution in [0.2, 0.25) is 0 Å². The summed E-state index contributed by atoms with van der Waals surface area (Å²) in [6.07, 6.45) is 0.687. The lowest BCUT2D eigenvalue weighted by Crippen LogP contribution is -2.28. The standard InChI is InChI=1S/C12H13BrO3/c1-16-12(15)10-4-2-7-6-8(13)3-5-9(7)11(10)14/h3,5-6,10-11,14H,2,4H2,1H3. The van der Waals surface area contributed by atoms with Crippen molar-refractivity contribution in [2.45, 2.75) is 18.9 Å². The Hall–Kier alpha value is -0.870. The van der Waals surface area contributed by atoms with Crippen molar-refractivity contribution in [3.8, 4) is 0 Å². The van der Waals surface area contributed by atoms with Gasteiger partial charge in [0.05, 0.1) is 19.1 Å². The van der Waals surface area contributed by atoms with Gasteiger partial charge in [-0.2, -0.15) is 0 Å². The zero-order valence-electron chi connectivity index (χ0n) is 8.94. The lowest BCUT2D eigenvalue weighted by molar-refractivity contribution is -0.150. The van der Waals surface area contributed by atoms with Crippen LogP contribution in [0.3, 0.4) is 0 Å². The van der Waals surface area contributed by atoms with E-state index in [0.717, 1.165) is 22.0 Å². The molecule has 2 atom stereocenters. The predicted molar refractivity (Wildman–Crippen MR) is 62.9 cm³/mol. The number of aliphatic hydroxyl groups is 1. The average Bonchev–Trinajstić information content (AvgIpc) is 2.28. The zero-order chi connectivity index (χ0) is 11.7. The summed E-state index contributed by atoms with van der Waals surface area (Å²) >= 11 is 3.39. The molecule has 2 unspecified atom stereocenters. The molecule has 0 aromatic heterocycles. The summed E-state index contributed by atoms with van der Waals surface area (Å²) in [5.41, 5.74) is 1.94. The highest BCUT2D eigenvalue weighted by molar-refractivity contribution is 9.10. The Morgan fingerprint density at radius 2 is 2.31 bits per heavy atom. The number of esters is 1. The molecule has 1 aliphatic carbocycles. The van der Waals surface area contributed by atoms with Crippen LogP contribution >= 0.6 is 15.9 Å². The van der Waals surface area contributed by atoms with Crippen molar-refractivity contribution in [1.29, 1.82) is 0 Å². The number of benzene rings is 1. The molecule has 4 heteroatoms. The second kappa shape index (κ2) is 4.55. The molecular weight excluding hydrogens is 272 g/mol. The Balaban J connectivity index is 2.32. The summed E-state index contributed by atoms with van der Waals surface area (Å²) in [4.78, 5) is 11.5. The SMILES string of the molecule is COC(=O)C1CCc2cc(Br)ccc2C1O. The molecule has 0 heterocycles. The van der Waals surface area contributed by atoms with Crippen molar-refractivity contribution in [3.63, 3.8) is 0 Å². The fourth-order valence-corrected chi connectivity index (χ4v) is 2.57. The van der Waals surface area contributed by atoms with Crippen LogP contribution in [0.5, 0.6) is 0 Å². The Morgan fingerprint density at radius 3 is 3.00 bits per heavy atom. The van der Waals surface area contributed by atoms with Gasteiger partial charge in [0.2, 0.25) is 0 Å². The number of hydrogen-bond donors (Lipinski definition) is 1. The van der Waals surface area contributed by atoms with E-state index in [9.17, 15) is 9.90 Å². The van der Waals surface area contributed by atoms with Gasteiger partial charge in [-0.25, -0.2) is 0 Å². The Labute approximate surface area is 103 Å². The first-order valence-corrected chi connectivity index (χ1v) is 5.97. The highest BCUT2D eigenvalue weighted by Crippen LogP contribution is 2.36. The van der Waals surface area contributed by atoms with Gasteiger partial charge in [0.15, 0.2) is 0 Å². The Bertz CT molecular complexity index is 417. The van der Waals surface area contributed by atoms with Crippen LogP contribution in [-0.2, 0) is 16.0 Å². The number of aliphatic hydroxyl groups excluding tert-OH is 1. The number of ether oxygens (including phenoxy) is 1. The number of halogens is 1. The number of fused-ring (bicyclic) bond motifs is 1. The molecule has 86 valence electrons. The van der Waals surface area contributed by atoms with Gasteiger partial charge in [0, 0.05) is 4.47 Å². The molecule has 1 aliphatic rings. The lowest BCUT2D eigenvalue weighted by atomic mass is 9.81. The summed E-state index contributed by atoms with van der Waals surface area (Å²) in [5.74, 6) is -0.764. The third kappa shape index (κ3) is 1.99. The van der Waals surface area contributed by atoms with E-state index in [1.54, 1.807) is 0 Å². The molecule has 0 spiro atoms. The molecule has 0 fully saturated rings. The minimum Gasteiger partial charge on any atom is -0.469 e. The van der Waals surface area contributed by atoms with Crippen LogP contribution in [0.4, 0.5) is 0 Å². The topological polar surface area (TPSA) is 46.5 Å². The molecular formula is C12H13BrO3. The van der Waals surface area contributed by atoms with Gasteiger partial charge >= 0.3 is 5.97 Å². The lowest BCUT2D eigenvalue weighted by Gasteiger charge is -2.28. The van der Waals surface area contributed by atoms with E-state index in [1.807, 2.05) is 18.2 Å². The third-order valence-electron chi connectivity index (χ3n) is 3.03. The van der Waals surface area contributed by atoms with Crippen molar-refractivity contribution in [3.05, 3.63) is 33.8 Å². The molecule has 2 rings (SSSR count). The number of methoxy groups -OCH3 is 1. The average molecular weight is 285 g/mol. The Kier molecular flexibility index (Phi) is 3.30. The highest BCUT2D eigenvalue weighted by atomic mass is 79.9. The van der Waals surface area contributed by atoms with Crippen molar-refractivity contribution in [2.75, 3.05) is 7.11 Å². The molecule has 0 aliphatic heterocycles. The first-order valence-electron chi connectivity index (χ1n) is 5.17. The van der Waals surface area contributed by atoms with E-state index >= 15 is 0 Å². The van der Waals surface area contributed by atoms with Crippen LogP contribution < -0.4 is 0 Å². The van der Waals surface area contributed by atoms with E-state index in [1.165, 1.54) is 7.11 Å². The van der Waals surface area contributed by atoms with Gasteiger partial charge in [-0.15, -0.1) is 0 Å². The van der Waals surface area contributed by atoms with E-state index < -0.39 is 12.0 Å². The van der Waals surface area contributed by atoms with E-state index in [0.29, 0.717) is 6.42 Å². The maximum Gasteiger partial charge on any atom is 0.311 e. The van der Waals surface area contributed by atoms with E-state index in [4.69, 9.17) is 4.74 Å². The third-order valence-corrected chi connectivity index (χ3v) is 3.53. The summed E-state index contributed by atoms with van der Waals surface area (Å²) < 4.78 is 5.69. The highest BCUT2D eigenvalue weighted by Gasteiger charge is 2.33. The largest absolute Gasteiger partial charge is 0.469 e. The molecule has 3 nitrogen and oxygen atoms in total. The summed E-state index contributed by atoms with van der Waals surface area (Å²) in [5, 5.41) is 10.1. The van der Waals surface area contributed by atoms with Gasteiger partial charge in [0.1, 0.15) is 0 Å². The first kappa shape index (κ1) is 11.6. The quantitative estimate of drug-likeness (QED) is 0.805. The molecule has 0 saturated heterocycles. The number of rotatable bonds is 1. The first-order chi connectivity index (χ1) is 7.63. The van der Waals surface area contributed by atoms with Gasteiger partial charge in [0.25, 0.3) is 0 Å². The summed E-state index contributed by atoms with van der Waals surface area (Å²) in [6.45, 7) is 0. The molecule has 1 aromatic rings. The number of hydrogen-bond acceptors (Lipinski definition) is 3. The zero-order valence-corrected chi connectivity index (χ0v) is 10.5. The number of carbonyl (C=O) groups excluding carboxylic acids is 1.